The maximum absolute atomic E-state index is 11.0. The van der Waals surface area contributed by atoms with Gasteiger partial charge >= 0.3 is 51.4 Å². The first kappa shape index (κ1) is 27.1. The van der Waals surface area contributed by atoms with E-state index < -0.39 is 6.09 Å². The number of nitrogens with one attached hydrogen (secondary N) is 1. The third kappa shape index (κ3) is 13.1. The topological polar surface area (TPSA) is 52.2 Å². The number of amides is 1. The molecule has 0 aliphatic rings. The van der Waals surface area contributed by atoms with Crippen molar-refractivity contribution in [3.05, 3.63) is 29.3 Å². The Balaban J connectivity index is 0.00000676. The molecule has 0 bridgehead atoms. The van der Waals surface area contributed by atoms with Crippen LogP contribution in [0, 0.1) is 0 Å². The maximum atomic E-state index is 11.0. The van der Waals surface area contributed by atoms with Gasteiger partial charge in [0.25, 0.3) is 0 Å². The van der Waals surface area contributed by atoms with Crippen LogP contribution in [0.4, 0.5) is 10.5 Å². The minimum absolute atomic E-state index is 0. The van der Waals surface area contributed by atoms with Crippen molar-refractivity contribution in [2.24, 2.45) is 0 Å². The predicted octanol–water partition coefficient (Wildman–Crippen LogP) is 3.25. The van der Waals surface area contributed by atoms with Gasteiger partial charge in [0.05, 0.1) is 0 Å². The number of rotatable bonds is 15. The standard InChI is InChI=1S/C23H39NO2.K/c1-3-5-7-9-11-13-16-20-17-15-19-22(24-23(25)26)21(20)18-14-12-10-8-6-4-2;/h15,17,19,24H,3-14,16,18H2,1-2H3,(H,25,26);/q;+1/p-1. The molecule has 3 nitrogen and oxygen atoms in total. The molecule has 1 aromatic rings. The van der Waals surface area contributed by atoms with E-state index in [0.717, 1.165) is 24.9 Å². The third-order valence-electron chi connectivity index (χ3n) is 5.09. The van der Waals surface area contributed by atoms with Crippen LogP contribution < -0.4 is 61.8 Å². The summed E-state index contributed by atoms with van der Waals surface area (Å²) in [6.45, 7) is 4.47. The van der Waals surface area contributed by atoms with Gasteiger partial charge in [0.1, 0.15) is 6.09 Å². The summed E-state index contributed by atoms with van der Waals surface area (Å²) in [5.74, 6) is 0. The Bertz CT molecular complexity index is 505. The zero-order valence-electron chi connectivity index (χ0n) is 17.9. The summed E-state index contributed by atoms with van der Waals surface area (Å²) in [5, 5.41) is 13.5. The fourth-order valence-corrected chi connectivity index (χ4v) is 3.57. The Kier molecular flexibility index (Phi) is 18.3. The van der Waals surface area contributed by atoms with E-state index in [9.17, 15) is 9.90 Å². The number of aryl methyl sites for hydroxylation is 1. The quantitative estimate of drug-likeness (QED) is 0.364. The van der Waals surface area contributed by atoms with Crippen molar-refractivity contribution in [1.82, 2.24) is 0 Å². The van der Waals surface area contributed by atoms with Crippen molar-refractivity contribution in [2.75, 3.05) is 5.32 Å². The van der Waals surface area contributed by atoms with Crippen LogP contribution in [0.3, 0.4) is 0 Å². The van der Waals surface area contributed by atoms with Gasteiger partial charge in [0.15, 0.2) is 0 Å². The average molecular weight is 400 g/mol. The van der Waals surface area contributed by atoms with Crippen molar-refractivity contribution in [3.63, 3.8) is 0 Å². The van der Waals surface area contributed by atoms with E-state index in [1.807, 2.05) is 12.1 Å². The molecular weight excluding hydrogens is 361 g/mol. The zero-order chi connectivity index (χ0) is 19.0. The van der Waals surface area contributed by atoms with Crippen LogP contribution in [-0.2, 0) is 12.8 Å². The maximum Gasteiger partial charge on any atom is 1.00 e. The molecule has 0 heterocycles. The van der Waals surface area contributed by atoms with Crippen molar-refractivity contribution in [1.29, 1.82) is 0 Å². The van der Waals surface area contributed by atoms with Gasteiger partial charge in [-0.15, -0.1) is 0 Å². The van der Waals surface area contributed by atoms with E-state index in [-0.39, 0.29) is 51.4 Å². The van der Waals surface area contributed by atoms with E-state index in [2.05, 4.69) is 25.2 Å². The van der Waals surface area contributed by atoms with Crippen LogP contribution in [0.2, 0.25) is 0 Å². The molecule has 0 aromatic heterocycles. The summed E-state index contributed by atoms with van der Waals surface area (Å²) in [5.41, 5.74) is 3.21. The molecule has 1 aromatic carbocycles. The van der Waals surface area contributed by atoms with Gasteiger partial charge in [-0.1, -0.05) is 90.2 Å². The second-order valence-corrected chi connectivity index (χ2v) is 7.39. The molecule has 0 saturated heterocycles. The Labute approximate surface area is 209 Å². The normalized spacial score (nSPS) is 10.4. The van der Waals surface area contributed by atoms with Gasteiger partial charge in [-0.05, 0) is 42.9 Å². The summed E-state index contributed by atoms with van der Waals surface area (Å²) >= 11 is 0. The van der Waals surface area contributed by atoms with Crippen LogP contribution >= 0.6 is 0 Å². The molecule has 4 heteroatoms. The first-order valence-electron chi connectivity index (χ1n) is 10.8. The fourth-order valence-electron chi connectivity index (χ4n) is 3.57. The second kappa shape index (κ2) is 18.2. The average Bonchev–Trinajstić information content (AvgIpc) is 2.62. The van der Waals surface area contributed by atoms with Crippen LogP contribution in [0.15, 0.2) is 18.2 Å². The van der Waals surface area contributed by atoms with Gasteiger partial charge < -0.3 is 15.2 Å². The third-order valence-corrected chi connectivity index (χ3v) is 5.09. The van der Waals surface area contributed by atoms with Crippen molar-refractivity contribution in [2.45, 2.75) is 104 Å². The number of benzene rings is 1. The van der Waals surface area contributed by atoms with E-state index in [0.29, 0.717) is 0 Å². The van der Waals surface area contributed by atoms with E-state index in [1.54, 1.807) is 0 Å². The first-order chi connectivity index (χ1) is 12.7. The smallest absolute Gasteiger partial charge is 0.530 e. The molecule has 1 amide bonds. The Morgan fingerprint density at radius 2 is 1.33 bits per heavy atom. The second-order valence-electron chi connectivity index (χ2n) is 7.39. The summed E-state index contributed by atoms with van der Waals surface area (Å²) < 4.78 is 0. The summed E-state index contributed by atoms with van der Waals surface area (Å²) in [7, 11) is 0. The van der Waals surface area contributed by atoms with Gasteiger partial charge in [0.2, 0.25) is 0 Å². The number of hydrogen-bond acceptors (Lipinski definition) is 2. The number of carbonyl (C=O) groups excluding carboxylic acids is 1. The first-order valence-corrected chi connectivity index (χ1v) is 10.8. The number of carbonyl (C=O) groups is 1. The molecule has 148 valence electrons. The molecule has 0 spiro atoms. The molecule has 27 heavy (non-hydrogen) atoms. The monoisotopic (exact) mass is 399 g/mol. The zero-order valence-corrected chi connectivity index (χ0v) is 21.1. The van der Waals surface area contributed by atoms with E-state index in [4.69, 9.17) is 0 Å². The Morgan fingerprint density at radius 1 is 0.815 bits per heavy atom. The van der Waals surface area contributed by atoms with E-state index in [1.165, 1.54) is 81.8 Å². The van der Waals surface area contributed by atoms with Crippen molar-refractivity contribution < 1.29 is 61.3 Å². The largest absolute Gasteiger partial charge is 1.00 e. The van der Waals surface area contributed by atoms with Crippen LogP contribution in [0.5, 0.6) is 0 Å². The van der Waals surface area contributed by atoms with E-state index >= 15 is 0 Å². The van der Waals surface area contributed by atoms with Gasteiger partial charge in [-0.25, -0.2) is 0 Å². The molecule has 1 rings (SSSR count). The summed E-state index contributed by atoms with van der Waals surface area (Å²) in [6.07, 6.45) is 16.0. The van der Waals surface area contributed by atoms with Crippen molar-refractivity contribution in [3.8, 4) is 0 Å². The van der Waals surface area contributed by atoms with Crippen LogP contribution in [0.25, 0.3) is 0 Å². The molecule has 0 radical (unpaired) electrons. The molecule has 0 fully saturated rings. The van der Waals surface area contributed by atoms with Crippen LogP contribution in [-0.4, -0.2) is 6.09 Å². The van der Waals surface area contributed by atoms with Crippen molar-refractivity contribution >= 4 is 11.8 Å². The molecule has 0 aliphatic heterocycles. The molecular formula is C23H38KNO2. The number of anilines is 1. The number of hydrogen-bond donors (Lipinski definition) is 1. The summed E-state index contributed by atoms with van der Waals surface area (Å²) in [4.78, 5) is 11.0. The molecule has 1 N–H and O–H groups in total. The minimum Gasteiger partial charge on any atom is -0.530 e. The Morgan fingerprint density at radius 3 is 1.89 bits per heavy atom. The van der Waals surface area contributed by atoms with Gasteiger partial charge in [-0.2, -0.15) is 0 Å². The molecule has 0 atom stereocenters. The van der Waals surface area contributed by atoms with Gasteiger partial charge in [-0.3, -0.25) is 0 Å². The Hall–Kier alpha value is 0.126. The minimum atomic E-state index is -1.22. The molecule has 0 unspecified atom stereocenters. The fraction of sp³-hybridized carbons (Fsp3) is 0.696. The summed E-state index contributed by atoms with van der Waals surface area (Å²) in [6, 6.07) is 5.99. The SMILES string of the molecule is CCCCCCCCc1cccc(NC(=O)[O-])c1CCCCCCCC.[K+]. The van der Waals surface area contributed by atoms with Gasteiger partial charge in [0, 0.05) is 5.69 Å². The van der Waals surface area contributed by atoms with Crippen LogP contribution in [0.1, 0.15) is 102 Å². The number of unbranched alkanes of at least 4 members (excludes halogenated alkanes) is 10. The molecule has 0 aliphatic carbocycles. The predicted molar refractivity (Wildman–Crippen MR) is 110 cm³/mol. The molecule has 0 saturated carbocycles. The number of carboxylic acid groups (broad SMARTS) is 1.